The first-order valence-corrected chi connectivity index (χ1v) is 6.71. The van der Waals surface area contributed by atoms with E-state index in [1.807, 2.05) is 24.3 Å². The number of hydrogen-bond acceptors (Lipinski definition) is 4. The molecule has 0 spiro atoms. The smallest absolute Gasteiger partial charge is 0.339 e. The van der Waals surface area contributed by atoms with Gasteiger partial charge in [0, 0.05) is 24.2 Å². The van der Waals surface area contributed by atoms with Crippen LogP contribution in [0, 0.1) is 0 Å². The standard InChI is InChI=1S/C15H17N3O2/c1-18-7-6-10(9-18)17-14-11-4-2-3-5-13(11)16-8-12(14)15(19)20/h2-5,8,10H,6-7,9H2,1H3,(H,16,17)(H,19,20). The van der Waals surface area contributed by atoms with Gasteiger partial charge in [0.15, 0.2) is 0 Å². The third-order valence-corrected chi connectivity index (χ3v) is 3.75. The van der Waals surface area contributed by atoms with Crippen molar-refractivity contribution in [1.29, 1.82) is 0 Å². The number of nitrogens with one attached hydrogen (secondary N) is 1. The normalized spacial score (nSPS) is 19.4. The van der Waals surface area contributed by atoms with Crippen molar-refractivity contribution in [3.8, 4) is 0 Å². The number of aromatic carboxylic acids is 1. The Morgan fingerprint density at radius 3 is 2.95 bits per heavy atom. The van der Waals surface area contributed by atoms with Gasteiger partial charge in [0.05, 0.1) is 11.2 Å². The fourth-order valence-corrected chi connectivity index (χ4v) is 2.72. The van der Waals surface area contributed by atoms with E-state index in [1.54, 1.807) is 0 Å². The fourth-order valence-electron chi connectivity index (χ4n) is 2.72. The summed E-state index contributed by atoms with van der Waals surface area (Å²) in [4.78, 5) is 17.9. The number of nitrogens with zero attached hydrogens (tertiary/aromatic N) is 2. The largest absolute Gasteiger partial charge is 0.478 e. The molecule has 2 heterocycles. The number of carboxylic acid groups (broad SMARTS) is 1. The van der Waals surface area contributed by atoms with Gasteiger partial charge in [-0.3, -0.25) is 4.98 Å². The maximum absolute atomic E-state index is 11.4. The minimum atomic E-state index is -0.947. The number of carbonyl (C=O) groups is 1. The van der Waals surface area contributed by atoms with Crippen LogP contribution >= 0.6 is 0 Å². The molecule has 0 aliphatic carbocycles. The molecule has 1 aromatic heterocycles. The van der Waals surface area contributed by atoms with Crippen LogP contribution < -0.4 is 5.32 Å². The molecule has 1 aliphatic heterocycles. The number of benzene rings is 1. The summed E-state index contributed by atoms with van der Waals surface area (Å²) < 4.78 is 0. The molecule has 20 heavy (non-hydrogen) atoms. The third-order valence-electron chi connectivity index (χ3n) is 3.75. The molecule has 3 rings (SSSR count). The molecule has 1 fully saturated rings. The van der Waals surface area contributed by atoms with Crippen molar-refractivity contribution in [2.75, 3.05) is 25.5 Å². The Morgan fingerprint density at radius 2 is 2.25 bits per heavy atom. The molecule has 1 aliphatic rings. The molecule has 0 amide bonds. The van der Waals surface area contributed by atoms with Gasteiger partial charge in [0.1, 0.15) is 5.56 Å². The van der Waals surface area contributed by atoms with Gasteiger partial charge in [-0.25, -0.2) is 4.79 Å². The van der Waals surface area contributed by atoms with Gasteiger partial charge in [-0.2, -0.15) is 0 Å². The average Bonchev–Trinajstić information content (AvgIpc) is 2.84. The highest BCUT2D eigenvalue weighted by atomic mass is 16.4. The average molecular weight is 271 g/mol. The number of likely N-dealkylation sites (N-methyl/N-ethyl adjacent to an activating group) is 1. The summed E-state index contributed by atoms with van der Waals surface area (Å²) in [6, 6.07) is 7.90. The number of rotatable bonds is 3. The van der Waals surface area contributed by atoms with Crippen LogP contribution in [0.4, 0.5) is 5.69 Å². The Labute approximate surface area is 117 Å². The first-order valence-electron chi connectivity index (χ1n) is 6.71. The second-order valence-electron chi connectivity index (χ2n) is 5.26. The van der Waals surface area contributed by atoms with Crippen LogP contribution in [0.25, 0.3) is 10.9 Å². The van der Waals surface area contributed by atoms with Gasteiger partial charge < -0.3 is 15.3 Å². The van der Waals surface area contributed by atoms with Crippen LogP contribution in [0.5, 0.6) is 0 Å². The van der Waals surface area contributed by atoms with E-state index >= 15 is 0 Å². The highest BCUT2D eigenvalue weighted by Crippen LogP contribution is 2.27. The van der Waals surface area contributed by atoms with Crippen LogP contribution in [-0.4, -0.2) is 47.1 Å². The third kappa shape index (κ3) is 2.32. The molecule has 0 radical (unpaired) electrons. The van der Waals surface area contributed by atoms with E-state index < -0.39 is 5.97 Å². The molecule has 0 bridgehead atoms. The predicted molar refractivity (Wildman–Crippen MR) is 78.2 cm³/mol. The van der Waals surface area contributed by atoms with Crippen molar-refractivity contribution in [3.63, 3.8) is 0 Å². The first kappa shape index (κ1) is 12.9. The molecule has 1 aromatic carbocycles. The Hall–Kier alpha value is -2.14. The minimum Gasteiger partial charge on any atom is -0.478 e. The Morgan fingerprint density at radius 1 is 1.45 bits per heavy atom. The highest BCUT2D eigenvalue weighted by Gasteiger charge is 2.22. The Balaban J connectivity index is 2.05. The van der Waals surface area contributed by atoms with E-state index in [0.29, 0.717) is 5.69 Å². The van der Waals surface area contributed by atoms with Gasteiger partial charge in [0.25, 0.3) is 0 Å². The van der Waals surface area contributed by atoms with Crippen LogP contribution in [0.15, 0.2) is 30.5 Å². The SMILES string of the molecule is CN1CCC(Nc2c(C(=O)O)cnc3ccccc23)C1. The number of fused-ring (bicyclic) bond motifs is 1. The molecule has 2 N–H and O–H groups in total. The summed E-state index contributed by atoms with van der Waals surface area (Å²) >= 11 is 0. The van der Waals surface area contributed by atoms with E-state index in [4.69, 9.17) is 0 Å². The monoisotopic (exact) mass is 271 g/mol. The zero-order valence-corrected chi connectivity index (χ0v) is 11.3. The number of carboxylic acids is 1. The molecular formula is C15H17N3O2. The number of anilines is 1. The van der Waals surface area contributed by atoms with Crippen molar-refractivity contribution in [2.45, 2.75) is 12.5 Å². The molecule has 1 saturated heterocycles. The zero-order chi connectivity index (χ0) is 14.1. The lowest BCUT2D eigenvalue weighted by molar-refractivity contribution is 0.0697. The van der Waals surface area contributed by atoms with Gasteiger partial charge in [-0.1, -0.05) is 18.2 Å². The summed E-state index contributed by atoms with van der Waals surface area (Å²) in [6.07, 6.45) is 2.46. The fraction of sp³-hybridized carbons (Fsp3) is 0.333. The highest BCUT2D eigenvalue weighted by molar-refractivity contribution is 6.04. The van der Waals surface area contributed by atoms with Gasteiger partial charge in [-0.15, -0.1) is 0 Å². The summed E-state index contributed by atoms with van der Waals surface area (Å²) in [5.74, 6) is -0.947. The number of pyridine rings is 1. The Kier molecular flexibility index (Phi) is 3.28. The van der Waals surface area contributed by atoms with Crippen LogP contribution in [0.1, 0.15) is 16.8 Å². The van der Waals surface area contributed by atoms with Crippen LogP contribution in [0.3, 0.4) is 0 Å². The van der Waals surface area contributed by atoms with Crippen LogP contribution in [0.2, 0.25) is 0 Å². The minimum absolute atomic E-state index is 0.234. The number of para-hydroxylation sites is 1. The lowest BCUT2D eigenvalue weighted by Gasteiger charge is -2.17. The lowest BCUT2D eigenvalue weighted by atomic mass is 10.1. The van der Waals surface area contributed by atoms with Crippen molar-refractivity contribution in [3.05, 3.63) is 36.0 Å². The topological polar surface area (TPSA) is 65.5 Å². The van der Waals surface area contributed by atoms with E-state index in [-0.39, 0.29) is 11.6 Å². The quantitative estimate of drug-likeness (QED) is 0.894. The maximum atomic E-state index is 11.4. The molecule has 1 atom stereocenters. The molecule has 2 aromatic rings. The summed E-state index contributed by atoms with van der Waals surface area (Å²) in [6.45, 7) is 1.96. The molecular weight excluding hydrogens is 254 g/mol. The molecule has 1 unspecified atom stereocenters. The number of hydrogen-bond donors (Lipinski definition) is 2. The lowest BCUT2D eigenvalue weighted by Crippen LogP contribution is -2.24. The van der Waals surface area contributed by atoms with Crippen molar-refractivity contribution in [1.82, 2.24) is 9.88 Å². The summed E-state index contributed by atoms with van der Waals surface area (Å²) in [5.41, 5.74) is 1.73. The Bertz CT molecular complexity index is 657. The van der Waals surface area contributed by atoms with Crippen LogP contribution in [-0.2, 0) is 0 Å². The van der Waals surface area contributed by atoms with Gasteiger partial charge in [-0.05, 0) is 26.1 Å². The number of aromatic nitrogens is 1. The zero-order valence-electron chi connectivity index (χ0n) is 11.3. The van der Waals surface area contributed by atoms with Crippen molar-refractivity contribution >= 4 is 22.6 Å². The van der Waals surface area contributed by atoms with E-state index in [9.17, 15) is 9.90 Å². The predicted octanol–water partition coefficient (Wildman–Crippen LogP) is 2.05. The molecule has 5 heteroatoms. The molecule has 0 saturated carbocycles. The van der Waals surface area contributed by atoms with Crippen molar-refractivity contribution in [2.24, 2.45) is 0 Å². The molecule has 5 nitrogen and oxygen atoms in total. The second-order valence-corrected chi connectivity index (χ2v) is 5.26. The second kappa shape index (κ2) is 5.09. The van der Waals surface area contributed by atoms with E-state index in [0.717, 1.165) is 30.4 Å². The summed E-state index contributed by atoms with van der Waals surface area (Å²) in [5, 5.41) is 13.6. The number of likely N-dealkylation sites (tertiary alicyclic amines) is 1. The molecule has 104 valence electrons. The van der Waals surface area contributed by atoms with E-state index in [2.05, 4.69) is 22.2 Å². The van der Waals surface area contributed by atoms with E-state index in [1.165, 1.54) is 6.20 Å². The van der Waals surface area contributed by atoms with Gasteiger partial charge in [0.2, 0.25) is 0 Å². The maximum Gasteiger partial charge on any atom is 0.339 e. The van der Waals surface area contributed by atoms with Gasteiger partial charge >= 0.3 is 5.97 Å². The van der Waals surface area contributed by atoms with Crippen molar-refractivity contribution < 1.29 is 9.90 Å². The first-order chi connectivity index (χ1) is 9.65. The summed E-state index contributed by atoms with van der Waals surface area (Å²) in [7, 11) is 2.07.